The fraction of sp³-hybridized carbons (Fsp3) is 0.125. The molecule has 1 amide bonds. The minimum atomic E-state index is -0.451. The van der Waals surface area contributed by atoms with Gasteiger partial charge in [0.15, 0.2) is 0 Å². The smallest absolute Gasteiger partial charge is 0.292 e. The number of nitrogens with zero attached hydrogens (tertiary/aromatic N) is 4. The number of nitro groups is 1. The Kier molecular flexibility index (Phi) is 6.70. The van der Waals surface area contributed by atoms with Gasteiger partial charge in [0.1, 0.15) is 5.69 Å². The van der Waals surface area contributed by atoms with Gasteiger partial charge in [-0.3, -0.25) is 19.9 Å². The van der Waals surface area contributed by atoms with E-state index in [0.717, 1.165) is 22.5 Å². The molecule has 2 N–H and O–H groups in total. The van der Waals surface area contributed by atoms with Gasteiger partial charge in [0.2, 0.25) is 5.91 Å². The Morgan fingerprint density at radius 3 is 2.48 bits per heavy atom. The fourth-order valence-electron chi connectivity index (χ4n) is 3.38. The zero-order valence-corrected chi connectivity index (χ0v) is 17.7. The summed E-state index contributed by atoms with van der Waals surface area (Å²) in [6.45, 7) is 0.575. The number of anilines is 1. The first-order valence-corrected chi connectivity index (χ1v) is 10.4. The molecule has 0 aliphatic carbocycles. The van der Waals surface area contributed by atoms with Gasteiger partial charge in [-0.15, -0.1) is 0 Å². The Bertz CT molecular complexity index is 1240. The zero-order valence-electron chi connectivity index (χ0n) is 17.7. The van der Waals surface area contributed by atoms with Crippen LogP contribution in [0.2, 0.25) is 0 Å². The van der Waals surface area contributed by atoms with Gasteiger partial charge in [-0.05, 0) is 30.3 Å². The van der Waals surface area contributed by atoms with Crippen molar-refractivity contribution in [2.24, 2.45) is 0 Å². The van der Waals surface area contributed by atoms with E-state index in [1.54, 1.807) is 35.3 Å². The van der Waals surface area contributed by atoms with Gasteiger partial charge in [0.25, 0.3) is 5.69 Å². The summed E-state index contributed by atoms with van der Waals surface area (Å²) in [6.07, 6.45) is 5.47. The first kappa shape index (κ1) is 21.7. The van der Waals surface area contributed by atoms with Crippen LogP contribution in [-0.2, 0) is 11.3 Å². The Morgan fingerprint density at radius 2 is 1.73 bits per heavy atom. The molecule has 0 aliphatic heterocycles. The monoisotopic (exact) mass is 442 g/mol. The van der Waals surface area contributed by atoms with Crippen LogP contribution in [-0.4, -0.2) is 32.1 Å². The number of hydrogen-bond donors (Lipinski definition) is 2. The molecule has 2 heterocycles. The first-order chi connectivity index (χ1) is 16.1. The average Bonchev–Trinajstić information content (AvgIpc) is 3.28. The molecule has 0 spiro atoms. The third-order valence-corrected chi connectivity index (χ3v) is 5.01. The molecule has 9 nitrogen and oxygen atoms in total. The number of aromatic nitrogens is 3. The number of carbonyl (C=O) groups excluding carboxylic acids is 1. The van der Waals surface area contributed by atoms with Crippen molar-refractivity contribution in [3.05, 3.63) is 101 Å². The predicted molar refractivity (Wildman–Crippen MR) is 125 cm³/mol. The number of pyridine rings is 1. The summed E-state index contributed by atoms with van der Waals surface area (Å²) in [5.74, 6) is -0.172. The van der Waals surface area contributed by atoms with E-state index in [2.05, 4.69) is 15.6 Å². The second kappa shape index (κ2) is 10.2. The number of rotatable bonds is 9. The lowest BCUT2D eigenvalue weighted by Crippen LogP contribution is -2.25. The molecular weight excluding hydrogens is 420 g/mol. The zero-order chi connectivity index (χ0) is 23.0. The lowest BCUT2D eigenvalue weighted by Gasteiger charge is -2.08. The maximum absolute atomic E-state index is 12.4. The van der Waals surface area contributed by atoms with Crippen molar-refractivity contribution in [2.75, 3.05) is 11.9 Å². The molecule has 0 aliphatic rings. The summed E-state index contributed by atoms with van der Waals surface area (Å²) in [7, 11) is 0. The molecule has 4 rings (SSSR count). The van der Waals surface area contributed by atoms with Gasteiger partial charge in [-0.25, -0.2) is 4.68 Å². The number of nitrogens with one attached hydrogen (secondary N) is 2. The van der Waals surface area contributed by atoms with E-state index in [9.17, 15) is 14.9 Å². The van der Waals surface area contributed by atoms with Crippen LogP contribution in [0.25, 0.3) is 16.9 Å². The molecule has 2 aromatic carbocycles. The van der Waals surface area contributed by atoms with E-state index >= 15 is 0 Å². The molecule has 0 saturated heterocycles. The van der Waals surface area contributed by atoms with Crippen LogP contribution in [0.1, 0.15) is 12.0 Å². The lowest BCUT2D eigenvalue weighted by atomic mass is 10.1. The average molecular weight is 442 g/mol. The Hall–Kier alpha value is -4.53. The molecule has 0 fully saturated rings. The molecule has 0 bridgehead atoms. The van der Waals surface area contributed by atoms with E-state index < -0.39 is 4.92 Å². The van der Waals surface area contributed by atoms with Crippen molar-refractivity contribution >= 4 is 17.3 Å². The number of carbonyl (C=O) groups is 1. The minimum absolute atomic E-state index is 0.0202. The third-order valence-electron chi connectivity index (χ3n) is 5.01. The maximum atomic E-state index is 12.4. The molecule has 4 aromatic rings. The largest absolute Gasteiger partial charge is 0.379 e. The normalized spacial score (nSPS) is 10.5. The first-order valence-electron chi connectivity index (χ1n) is 10.4. The van der Waals surface area contributed by atoms with Crippen LogP contribution >= 0.6 is 0 Å². The van der Waals surface area contributed by atoms with Gasteiger partial charge in [-0.2, -0.15) is 5.10 Å². The molecule has 33 heavy (non-hydrogen) atoms. The van der Waals surface area contributed by atoms with Gasteiger partial charge >= 0.3 is 0 Å². The van der Waals surface area contributed by atoms with Crippen molar-refractivity contribution in [1.82, 2.24) is 20.1 Å². The van der Waals surface area contributed by atoms with Gasteiger partial charge in [0, 0.05) is 55.3 Å². The Labute approximate surface area is 190 Å². The van der Waals surface area contributed by atoms with Crippen LogP contribution in [0.15, 0.2) is 85.3 Å². The van der Waals surface area contributed by atoms with Crippen molar-refractivity contribution < 1.29 is 9.72 Å². The SMILES string of the molecule is O=C(CCNc1ccccc1[N+](=O)[O-])NCc1cn(-c2ccccc2)nc1-c1ccncc1. The van der Waals surface area contributed by atoms with Crippen molar-refractivity contribution in [3.63, 3.8) is 0 Å². The maximum Gasteiger partial charge on any atom is 0.292 e. The standard InChI is InChI=1S/C24H22N6O3/c31-23(12-15-26-21-8-4-5-9-22(21)30(32)33)27-16-19-17-29(20-6-2-1-3-7-20)28-24(19)18-10-13-25-14-11-18/h1-11,13-14,17,26H,12,15-16H2,(H,27,31). The molecular formula is C24H22N6O3. The summed E-state index contributed by atoms with van der Waals surface area (Å²) in [4.78, 5) is 27.1. The van der Waals surface area contributed by atoms with Gasteiger partial charge in [0.05, 0.1) is 16.3 Å². The molecule has 0 radical (unpaired) electrons. The van der Waals surface area contributed by atoms with Gasteiger partial charge < -0.3 is 10.6 Å². The number of hydrogen-bond acceptors (Lipinski definition) is 6. The van der Waals surface area contributed by atoms with Gasteiger partial charge in [-0.1, -0.05) is 30.3 Å². The van der Waals surface area contributed by atoms with Crippen LogP contribution in [0.4, 0.5) is 11.4 Å². The van der Waals surface area contributed by atoms with Crippen molar-refractivity contribution in [1.29, 1.82) is 0 Å². The molecule has 0 saturated carbocycles. The molecule has 0 unspecified atom stereocenters. The number of para-hydroxylation sites is 3. The summed E-state index contributed by atoms with van der Waals surface area (Å²) in [6, 6.07) is 19.8. The van der Waals surface area contributed by atoms with E-state index in [1.165, 1.54) is 6.07 Å². The van der Waals surface area contributed by atoms with E-state index in [4.69, 9.17) is 5.10 Å². The summed E-state index contributed by atoms with van der Waals surface area (Å²) < 4.78 is 1.79. The van der Waals surface area contributed by atoms with Crippen LogP contribution in [0.3, 0.4) is 0 Å². The highest BCUT2D eigenvalue weighted by molar-refractivity contribution is 5.77. The predicted octanol–water partition coefficient (Wildman–Crippen LogP) is 3.96. The third kappa shape index (κ3) is 5.40. The summed E-state index contributed by atoms with van der Waals surface area (Å²) in [5.41, 5.74) is 3.82. The Morgan fingerprint density at radius 1 is 1.00 bits per heavy atom. The second-order valence-corrected chi connectivity index (χ2v) is 7.25. The minimum Gasteiger partial charge on any atom is -0.379 e. The molecule has 2 aromatic heterocycles. The number of nitro benzene ring substituents is 1. The quantitative estimate of drug-likeness (QED) is 0.299. The molecule has 0 atom stereocenters. The lowest BCUT2D eigenvalue weighted by molar-refractivity contribution is -0.384. The van der Waals surface area contributed by atoms with Crippen molar-refractivity contribution in [2.45, 2.75) is 13.0 Å². The van der Waals surface area contributed by atoms with Crippen LogP contribution in [0.5, 0.6) is 0 Å². The second-order valence-electron chi connectivity index (χ2n) is 7.25. The highest BCUT2D eigenvalue weighted by Gasteiger charge is 2.14. The topological polar surface area (TPSA) is 115 Å². The van der Waals surface area contributed by atoms with Crippen LogP contribution in [0, 0.1) is 10.1 Å². The highest BCUT2D eigenvalue weighted by Crippen LogP contribution is 2.24. The van der Waals surface area contributed by atoms with E-state index in [1.807, 2.05) is 48.7 Å². The Balaban J connectivity index is 1.42. The highest BCUT2D eigenvalue weighted by atomic mass is 16.6. The van der Waals surface area contributed by atoms with E-state index in [-0.39, 0.29) is 24.6 Å². The van der Waals surface area contributed by atoms with Crippen LogP contribution < -0.4 is 10.6 Å². The number of benzene rings is 2. The summed E-state index contributed by atoms with van der Waals surface area (Å²) in [5, 5.41) is 21.7. The summed E-state index contributed by atoms with van der Waals surface area (Å²) >= 11 is 0. The fourth-order valence-corrected chi connectivity index (χ4v) is 3.38. The van der Waals surface area contributed by atoms with E-state index in [0.29, 0.717) is 12.2 Å². The number of amides is 1. The molecule has 166 valence electrons. The molecule has 9 heteroatoms. The van der Waals surface area contributed by atoms with Crippen molar-refractivity contribution in [3.8, 4) is 16.9 Å².